The molecule has 0 fully saturated rings. The molecule has 0 aliphatic carbocycles. The second kappa shape index (κ2) is 5.92. The van der Waals surface area contributed by atoms with Crippen molar-refractivity contribution < 1.29 is 23.8 Å². The van der Waals surface area contributed by atoms with Gasteiger partial charge in [0.05, 0.1) is 25.0 Å². The molecule has 0 saturated carbocycles. The van der Waals surface area contributed by atoms with Gasteiger partial charge in [-0.15, -0.1) is 0 Å². The van der Waals surface area contributed by atoms with Crippen molar-refractivity contribution in [2.45, 2.75) is 13.0 Å². The van der Waals surface area contributed by atoms with E-state index < -0.39 is 12.1 Å². The molecule has 1 aliphatic rings. The summed E-state index contributed by atoms with van der Waals surface area (Å²) in [5.41, 5.74) is 0.938. The lowest BCUT2D eigenvalue weighted by Gasteiger charge is -2.33. The molecule has 6 nitrogen and oxygen atoms in total. The molecule has 1 atom stereocenters. The summed E-state index contributed by atoms with van der Waals surface area (Å²) in [5.74, 6) is -0.0389. The van der Waals surface area contributed by atoms with Gasteiger partial charge >= 0.3 is 5.97 Å². The van der Waals surface area contributed by atoms with Gasteiger partial charge in [0.15, 0.2) is 6.10 Å². The first kappa shape index (κ1) is 14.3. The Balaban J connectivity index is 2.40. The fourth-order valence-electron chi connectivity index (χ4n) is 2.07. The van der Waals surface area contributed by atoms with Gasteiger partial charge in [-0.05, 0) is 25.1 Å². The maximum absolute atomic E-state index is 12.2. The summed E-state index contributed by atoms with van der Waals surface area (Å²) < 4.78 is 15.2. The van der Waals surface area contributed by atoms with E-state index in [4.69, 9.17) is 9.47 Å². The zero-order valence-electron chi connectivity index (χ0n) is 11.7. The highest BCUT2D eigenvalue weighted by molar-refractivity contribution is 6.01. The third-order valence-corrected chi connectivity index (χ3v) is 3.11. The van der Waals surface area contributed by atoms with Crippen molar-refractivity contribution in [3.05, 3.63) is 23.8 Å². The minimum atomic E-state index is -0.552. The molecule has 2 rings (SSSR count). The summed E-state index contributed by atoms with van der Waals surface area (Å²) in [7, 11) is 2.88. The molecule has 6 heteroatoms. The second-order valence-electron chi connectivity index (χ2n) is 4.42. The number of hydrogen-bond acceptors (Lipinski definition) is 5. The first-order valence-corrected chi connectivity index (χ1v) is 6.27. The predicted octanol–water partition coefficient (Wildman–Crippen LogP) is 1.23. The molecule has 0 N–H and O–H groups in total. The smallest absolute Gasteiger partial charge is 0.337 e. The van der Waals surface area contributed by atoms with Crippen LogP contribution in [0.15, 0.2) is 18.2 Å². The van der Waals surface area contributed by atoms with E-state index in [9.17, 15) is 9.59 Å². The van der Waals surface area contributed by atoms with Crippen molar-refractivity contribution in [1.82, 2.24) is 0 Å². The van der Waals surface area contributed by atoms with Crippen LogP contribution in [0.25, 0.3) is 0 Å². The average Bonchev–Trinajstić information content (AvgIpc) is 2.46. The summed E-state index contributed by atoms with van der Waals surface area (Å²) in [6.45, 7) is 2.50. The number of carbonyl (C=O) groups is 2. The Morgan fingerprint density at radius 2 is 2.15 bits per heavy atom. The molecular formula is C14H17NO5. The molecular weight excluding hydrogens is 262 g/mol. The molecule has 1 aromatic rings. The van der Waals surface area contributed by atoms with Crippen LogP contribution in [0.4, 0.5) is 5.69 Å². The lowest BCUT2D eigenvalue weighted by molar-refractivity contribution is -0.125. The monoisotopic (exact) mass is 279 g/mol. The lowest BCUT2D eigenvalue weighted by atomic mass is 10.1. The van der Waals surface area contributed by atoms with Crippen molar-refractivity contribution in [2.75, 3.05) is 32.3 Å². The number of anilines is 1. The highest BCUT2D eigenvalue weighted by atomic mass is 16.5. The Morgan fingerprint density at radius 1 is 1.40 bits per heavy atom. The molecule has 0 aromatic heterocycles. The summed E-state index contributed by atoms with van der Waals surface area (Å²) in [6.07, 6.45) is -0.552. The van der Waals surface area contributed by atoms with Crippen LogP contribution in [0.2, 0.25) is 0 Å². The number of benzene rings is 1. The average molecular weight is 279 g/mol. The van der Waals surface area contributed by atoms with Crippen molar-refractivity contribution in [2.24, 2.45) is 0 Å². The van der Waals surface area contributed by atoms with Gasteiger partial charge in [-0.25, -0.2) is 4.79 Å². The van der Waals surface area contributed by atoms with E-state index in [0.29, 0.717) is 30.2 Å². The first-order chi connectivity index (χ1) is 9.58. The Bertz CT molecular complexity index is 528. The van der Waals surface area contributed by atoms with Crippen molar-refractivity contribution in [3.8, 4) is 5.75 Å². The van der Waals surface area contributed by atoms with Crippen molar-refractivity contribution in [3.63, 3.8) is 0 Å². The Kier molecular flexibility index (Phi) is 4.24. The SMILES string of the molecule is COCCN1C(=O)C(C)Oc2ccc(C(=O)OC)cc21. The van der Waals surface area contributed by atoms with Gasteiger partial charge in [0.1, 0.15) is 5.75 Å². The molecule has 1 unspecified atom stereocenters. The number of methoxy groups -OCH3 is 2. The van der Waals surface area contributed by atoms with Gasteiger partial charge in [0, 0.05) is 13.7 Å². The van der Waals surface area contributed by atoms with Crippen LogP contribution in [0, 0.1) is 0 Å². The fourth-order valence-corrected chi connectivity index (χ4v) is 2.07. The van der Waals surface area contributed by atoms with E-state index in [0.717, 1.165) is 0 Å². The highest BCUT2D eigenvalue weighted by Crippen LogP contribution is 2.34. The van der Waals surface area contributed by atoms with Crippen LogP contribution < -0.4 is 9.64 Å². The van der Waals surface area contributed by atoms with Gasteiger partial charge in [-0.1, -0.05) is 0 Å². The minimum Gasteiger partial charge on any atom is -0.479 e. The molecule has 1 aliphatic heterocycles. The van der Waals surface area contributed by atoms with Gasteiger partial charge in [-0.2, -0.15) is 0 Å². The third-order valence-electron chi connectivity index (χ3n) is 3.11. The molecule has 20 heavy (non-hydrogen) atoms. The molecule has 108 valence electrons. The molecule has 1 heterocycles. The van der Waals surface area contributed by atoms with Crippen LogP contribution in [0.1, 0.15) is 17.3 Å². The van der Waals surface area contributed by atoms with Crippen LogP contribution in [-0.4, -0.2) is 45.4 Å². The van der Waals surface area contributed by atoms with Gasteiger partial charge in [0.2, 0.25) is 0 Å². The quantitative estimate of drug-likeness (QED) is 0.776. The summed E-state index contributed by atoms with van der Waals surface area (Å²) in [6, 6.07) is 4.88. The third kappa shape index (κ3) is 2.60. The maximum Gasteiger partial charge on any atom is 0.337 e. The molecule has 0 saturated heterocycles. The van der Waals surface area contributed by atoms with Crippen LogP contribution in [-0.2, 0) is 14.3 Å². The van der Waals surface area contributed by atoms with E-state index in [1.54, 1.807) is 37.1 Å². The zero-order valence-corrected chi connectivity index (χ0v) is 11.7. The molecule has 1 amide bonds. The predicted molar refractivity (Wildman–Crippen MR) is 72.1 cm³/mol. The number of ether oxygens (including phenoxy) is 3. The Hall–Kier alpha value is -2.08. The molecule has 0 radical (unpaired) electrons. The number of amides is 1. The van der Waals surface area contributed by atoms with E-state index in [1.807, 2.05) is 0 Å². The Morgan fingerprint density at radius 3 is 2.80 bits per heavy atom. The summed E-state index contributed by atoms with van der Waals surface area (Å²) in [5, 5.41) is 0. The van der Waals surface area contributed by atoms with Gasteiger partial charge in [-0.3, -0.25) is 4.79 Å². The fraction of sp³-hybridized carbons (Fsp3) is 0.429. The number of hydrogen-bond donors (Lipinski definition) is 0. The standard InChI is InChI=1S/C14H17NO5/c1-9-13(16)15(6-7-18-2)11-8-10(14(17)19-3)4-5-12(11)20-9/h4-5,8-9H,6-7H2,1-3H3. The van der Waals surface area contributed by atoms with Crippen LogP contribution in [0.3, 0.4) is 0 Å². The first-order valence-electron chi connectivity index (χ1n) is 6.27. The maximum atomic E-state index is 12.2. The Labute approximate surface area is 117 Å². The van der Waals surface area contributed by atoms with Gasteiger partial charge in [0.25, 0.3) is 5.91 Å². The zero-order chi connectivity index (χ0) is 14.7. The minimum absolute atomic E-state index is 0.156. The lowest BCUT2D eigenvalue weighted by Crippen LogP contribution is -2.45. The van der Waals surface area contributed by atoms with E-state index in [1.165, 1.54) is 7.11 Å². The van der Waals surface area contributed by atoms with Crippen LogP contribution >= 0.6 is 0 Å². The highest BCUT2D eigenvalue weighted by Gasteiger charge is 2.31. The normalized spacial score (nSPS) is 17.4. The number of carbonyl (C=O) groups excluding carboxylic acids is 2. The van der Waals surface area contributed by atoms with Crippen LogP contribution in [0.5, 0.6) is 5.75 Å². The number of esters is 1. The number of nitrogens with zero attached hydrogens (tertiary/aromatic N) is 1. The van der Waals surface area contributed by atoms with Gasteiger partial charge < -0.3 is 19.1 Å². The summed E-state index contributed by atoms with van der Waals surface area (Å²) >= 11 is 0. The topological polar surface area (TPSA) is 65.1 Å². The molecule has 0 bridgehead atoms. The van der Waals surface area contributed by atoms with Crippen molar-refractivity contribution in [1.29, 1.82) is 0 Å². The second-order valence-corrected chi connectivity index (χ2v) is 4.42. The molecule has 1 aromatic carbocycles. The molecule has 0 spiro atoms. The van der Waals surface area contributed by atoms with E-state index >= 15 is 0 Å². The van der Waals surface area contributed by atoms with Crippen molar-refractivity contribution >= 4 is 17.6 Å². The largest absolute Gasteiger partial charge is 0.479 e. The van der Waals surface area contributed by atoms with E-state index in [2.05, 4.69) is 4.74 Å². The number of rotatable bonds is 4. The summed E-state index contributed by atoms with van der Waals surface area (Å²) in [4.78, 5) is 25.3. The number of fused-ring (bicyclic) bond motifs is 1. The van der Waals surface area contributed by atoms with E-state index in [-0.39, 0.29) is 5.91 Å².